The second-order valence-electron chi connectivity index (χ2n) is 6.12. The molecule has 0 aliphatic heterocycles. The van der Waals surface area contributed by atoms with Gasteiger partial charge in [0.05, 0.1) is 0 Å². The van der Waals surface area contributed by atoms with Crippen molar-refractivity contribution < 1.29 is 0 Å². The number of hydrogen-bond acceptors (Lipinski definition) is 0. The fourth-order valence-electron chi connectivity index (χ4n) is 4.03. The van der Waals surface area contributed by atoms with Crippen LogP contribution in [0, 0.1) is 0 Å². The Morgan fingerprint density at radius 2 is 1.05 bits per heavy atom. The summed E-state index contributed by atoms with van der Waals surface area (Å²) >= 11 is 0. The van der Waals surface area contributed by atoms with Gasteiger partial charge in [0.15, 0.2) is 0 Å². The SMILES string of the molecule is c1ccc2c(c1)CCc1ccc3c(c1-2)-c1ccccc1C3. The van der Waals surface area contributed by atoms with Gasteiger partial charge < -0.3 is 0 Å². The molecule has 0 amide bonds. The molecule has 0 nitrogen and oxygen atoms in total. The van der Waals surface area contributed by atoms with Crippen LogP contribution < -0.4 is 0 Å². The van der Waals surface area contributed by atoms with E-state index in [1.165, 1.54) is 57.3 Å². The first kappa shape index (κ1) is 11.3. The van der Waals surface area contributed by atoms with Gasteiger partial charge in [-0.05, 0) is 63.8 Å². The minimum absolute atomic E-state index is 1.08. The summed E-state index contributed by atoms with van der Waals surface area (Å²) < 4.78 is 0. The Hall–Kier alpha value is -2.34. The number of fused-ring (bicyclic) bond motifs is 7. The predicted octanol–water partition coefficient (Wildman–Crippen LogP) is 5.02. The summed E-state index contributed by atoms with van der Waals surface area (Å²) in [6.45, 7) is 0. The molecule has 0 atom stereocenters. The molecular formula is C21H16. The molecule has 0 unspecified atom stereocenters. The van der Waals surface area contributed by atoms with Crippen LogP contribution in [0.15, 0.2) is 60.7 Å². The maximum Gasteiger partial charge on any atom is -0.00132 e. The smallest absolute Gasteiger partial charge is 0.00132 e. The zero-order valence-electron chi connectivity index (χ0n) is 11.9. The molecule has 21 heavy (non-hydrogen) atoms. The Morgan fingerprint density at radius 3 is 1.90 bits per heavy atom. The molecule has 0 fully saturated rings. The number of hydrogen-bond donors (Lipinski definition) is 0. The van der Waals surface area contributed by atoms with E-state index in [1.807, 2.05) is 0 Å². The maximum atomic E-state index is 2.36. The van der Waals surface area contributed by atoms with Crippen molar-refractivity contribution in [2.45, 2.75) is 19.3 Å². The van der Waals surface area contributed by atoms with Gasteiger partial charge in [-0.1, -0.05) is 60.7 Å². The van der Waals surface area contributed by atoms with Crippen LogP contribution >= 0.6 is 0 Å². The molecule has 100 valence electrons. The summed E-state index contributed by atoms with van der Waals surface area (Å²) in [5, 5.41) is 0. The topological polar surface area (TPSA) is 0 Å². The van der Waals surface area contributed by atoms with E-state index in [1.54, 1.807) is 0 Å². The summed E-state index contributed by atoms with van der Waals surface area (Å²) in [7, 11) is 0. The summed E-state index contributed by atoms with van der Waals surface area (Å²) in [6.07, 6.45) is 3.42. The van der Waals surface area contributed by atoms with Crippen LogP contribution in [0.1, 0.15) is 22.3 Å². The van der Waals surface area contributed by atoms with E-state index in [0.29, 0.717) is 0 Å². The first-order chi connectivity index (χ1) is 10.4. The first-order valence-corrected chi connectivity index (χ1v) is 7.73. The normalized spacial score (nSPS) is 14.1. The fraction of sp³-hybridized carbons (Fsp3) is 0.143. The second-order valence-corrected chi connectivity index (χ2v) is 6.12. The molecule has 0 radical (unpaired) electrons. The van der Waals surface area contributed by atoms with Crippen LogP contribution in [0.25, 0.3) is 22.3 Å². The minimum atomic E-state index is 1.08. The largest absolute Gasteiger partial charge is 0.0620 e. The Kier molecular flexibility index (Phi) is 2.20. The van der Waals surface area contributed by atoms with Crippen molar-refractivity contribution in [1.29, 1.82) is 0 Å². The van der Waals surface area contributed by atoms with Crippen LogP contribution in [0.5, 0.6) is 0 Å². The highest BCUT2D eigenvalue weighted by molar-refractivity contribution is 5.93. The monoisotopic (exact) mass is 268 g/mol. The Balaban J connectivity index is 1.89. The third kappa shape index (κ3) is 1.50. The highest BCUT2D eigenvalue weighted by Gasteiger charge is 2.26. The van der Waals surface area contributed by atoms with Gasteiger partial charge in [0.2, 0.25) is 0 Å². The average molecular weight is 268 g/mol. The molecule has 0 saturated carbocycles. The first-order valence-electron chi connectivity index (χ1n) is 7.73. The van der Waals surface area contributed by atoms with Crippen molar-refractivity contribution in [2.24, 2.45) is 0 Å². The lowest BCUT2D eigenvalue weighted by Gasteiger charge is -2.23. The van der Waals surface area contributed by atoms with Crippen molar-refractivity contribution in [2.75, 3.05) is 0 Å². The summed E-state index contributed by atoms with van der Waals surface area (Å²) in [5.74, 6) is 0. The van der Waals surface area contributed by atoms with Crippen molar-refractivity contribution >= 4 is 0 Å². The number of rotatable bonds is 0. The molecule has 2 aliphatic carbocycles. The van der Waals surface area contributed by atoms with E-state index >= 15 is 0 Å². The minimum Gasteiger partial charge on any atom is -0.0620 e. The average Bonchev–Trinajstić information content (AvgIpc) is 2.93. The molecule has 0 heteroatoms. The Labute approximate surface area is 125 Å². The molecule has 0 bridgehead atoms. The van der Waals surface area contributed by atoms with E-state index in [9.17, 15) is 0 Å². The van der Waals surface area contributed by atoms with Crippen molar-refractivity contribution in [3.8, 4) is 22.3 Å². The molecular weight excluding hydrogens is 252 g/mol. The number of benzene rings is 3. The molecule has 3 aromatic rings. The maximum absolute atomic E-state index is 2.36. The summed E-state index contributed by atoms with van der Waals surface area (Å²) in [4.78, 5) is 0. The van der Waals surface area contributed by atoms with Crippen LogP contribution in [-0.4, -0.2) is 0 Å². The zero-order chi connectivity index (χ0) is 13.8. The molecule has 2 aliphatic rings. The lowest BCUT2D eigenvalue weighted by atomic mass is 9.81. The van der Waals surface area contributed by atoms with Gasteiger partial charge in [-0.25, -0.2) is 0 Å². The van der Waals surface area contributed by atoms with Crippen molar-refractivity contribution in [1.82, 2.24) is 0 Å². The molecule has 5 rings (SSSR count). The highest BCUT2D eigenvalue weighted by Crippen LogP contribution is 2.47. The van der Waals surface area contributed by atoms with Gasteiger partial charge in [0.25, 0.3) is 0 Å². The molecule has 0 N–H and O–H groups in total. The van der Waals surface area contributed by atoms with E-state index in [4.69, 9.17) is 0 Å². The molecule has 0 aromatic heterocycles. The summed E-state index contributed by atoms with van der Waals surface area (Å²) in [5.41, 5.74) is 11.9. The Bertz CT molecular complexity index is 871. The molecule has 0 spiro atoms. The van der Waals surface area contributed by atoms with Gasteiger partial charge in [0.1, 0.15) is 0 Å². The zero-order valence-corrected chi connectivity index (χ0v) is 11.9. The van der Waals surface area contributed by atoms with Gasteiger partial charge in [-0.3, -0.25) is 0 Å². The Morgan fingerprint density at radius 1 is 0.476 bits per heavy atom. The van der Waals surface area contributed by atoms with Gasteiger partial charge in [0, 0.05) is 0 Å². The third-order valence-electron chi connectivity index (χ3n) is 5.00. The lowest BCUT2D eigenvalue weighted by Crippen LogP contribution is -2.05. The van der Waals surface area contributed by atoms with E-state index in [2.05, 4.69) is 60.7 Å². The molecule has 3 aromatic carbocycles. The van der Waals surface area contributed by atoms with Gasteiger partial charge >= 0.3 is 0 Å². The molecule has 0 heterocycles. The lowest BCUT2D eigenvalue weighted by molar-refractivity contribution is 0.941. The standard InChI is InChI=1S/C21H16/c1-3-7-18-14(5-1)9-10-15-11-12-17-13-16-6-2-4-8-19(16)21(17)20(15)18/h1-8,11-12H,9-10,13H2. The quantitative estimate of drug-likeness (QED) is 0.420. The second kappa shape index (κ2) is 4.08. The highest BCUT2D eigenvalue weighted by atomic mass is 14.3. The molecule has 0 saturated heterocycles. The summed E-state index contributed by atoms with van der Waals surface area (Å²) in [6, 6.07) is 22.5. The van der Waals surface area contributed by atoms with Gasteiger partial charge in [-0.15, -0.1) is 0 Å². The van der Waals surface area contributed by atoms with E-state index in [0.717, 1.165) is 6.42 Å². The van der Waals surface area contributed by atoms with Gasteiger partial charge in [-0.2, -0.15) is 0 Å². The van der Waals surface area contributed by atoms with Crippen molar-refractivity contribution in [3.05, 3.63) is 82.9 Å². The van der Waals surface area contributed by atoms with Crippen LogP contribution in [0.3, 0.4) is 0 Å². The van der Waals surface area contributed by atoms with Crippen LogP contribution in [0.2, 0.25) is 0 Å². The number of aryl methyl sites for hydroxylation is 2. The third-order valence-corrected chi connectivity index (χ3v) is 5.00. The van der Waals surface area contributed by atoms with Crippen molar-refractivity contribution in [3.63, 3.8) is 0 Å². The fourth-order valence-corrected chi connectivity index (χ4v) is 4.03. The van der Waals surface area contributed by atoms with E-state index in [-0.39, 0.29) is 0 Å². The predicted molar refractivity (Wildman–Crippen MR) is 87.5 cm³/mol. The van der Waals surface area contributed by atoms with Crippen LogP contribution in [0.4, 0.5) is 0 Å². The van der Waals surface area contributed by atoms with E-state index < -0.39 is 0 Å². The van der Waals surface area contributed by atoms with Crippen LogP contribution in [-0.2, 0) is 19.3 Å².